The predicted molar refractivity (Wildman–Crippen MR) is 133 cm³/mol. The zero-order chi connectivity index (χ0) is 25.7. The van der Waals surface area contributed by atoms with Gasteiger partial charge in [-0.25, -0.2) is 4.79 Å². The lowest BCUT2D eigenvalue weighted by molar-refractivity contribution is -0.181. The molecule has 2 aromatic rings. The van der Waals surface area contributed by atoms with Crippen molar-refractivity contribution in [3.63, 3.8) is 0 Å². The Bertz CT molecular complexity index is 1260. The standard InChI is InChI=1S/C27H31N5O5/c1-28-25(35)30-19-6-7-20-17(13-19)10-11-27(20)24(34)32(26(36)37-27)15-23(33)31-14-18-3-2-12-29-21(18)8-9-22(31)16-4-5-16/h2-3,6-7,12-13,16,22,26,36H,4-5,8-11,14-15H2,1H3,(H2,28,30,35)/t22?,26?,27-/m0/s1. The lowest BCUT2D eigenvalue weighted by atomic mass is 9.94. The van der Waals surface area contributed by atoms with Crippen LogP contribution in [0.25, 0.3) is 0 Å². The summed E-state index contributed by atoms with van der Waals surface area (Å²) >= 11 is 0. The fourth-order valence-electron chi connectivity index (χ4n) is 6.09. The number of hydrogen-bond donors (Lipinski definition) is 3. The first-order valence-electron chi connectivity index (χ1n) is 12.9. The van der Waals surface area contributed by atoms with Gasteiger partial charge in [-0.2, -0.15) is 0 Å². The molecule has 194 valence electrons. The number of pyridine rings is 1. The van der Waals surface area contributed by atoms with Gasteiger partial charge in [0.25, 0.3) is 5.91 Å². The molecule has 10 nitrogen and oxygen atoms in total. The van der Waals surface area contributed by atoms with E-state index in [0.717, 1.165) is 47.4 Å². The van der Waals surface area contributed by atoms with Gasteiger partial charge < -0.3 is 25.4 Å². The van der Waals surface area contributed by atoms with Gasteiger partial charge in [-0.15, -0.1) is 0 Å². The number of rotatable bonds is 4. The Hall–Kier alpha value is -3.50. The third-order valence-electron chi connectivity index (χ3n) is 8.15. The Morgan fingerprint density at radius 2 is 2.03 bits per heavy atom. The number of aromatic nitrogens is 1. The van der Waals surface area contributed by atoms with Gasteiger partial charge in [-0.3, -0.25) is 19.5 Å². The number of carbonyl (C=O) groups is 3. The maximum absolute atomic E-state index is 13.7. The van der Waals surface area contributed by atoms with Gasteiger partial charge in [-0.05, 0) is 79.3 Å². The highest BCUT2D eigenvalue weighted by molar-refractivity contribution is 5.94. The fourth-order valence-corrected chi connectivity index (χ4v) is 6.09. The van der Waals surface area contributed by atoms with Crippen LogP contribution in [-0.4, -0.2) is 63.8 Å². The summed E-state index contributed by atoms with van der Waals surface area (Å²) < 4.78 is 5.91. The van der Waals surface area contributed by atoms with Gasteiger partial charge in [0.2, 0.25) is 12.3 Å². The van der Waals surface area contributed by atoms with Crippen LogP contribution in [0.5, 0.6) is 0 Å². The molecule has 2 aliphatic carbocycles. The highest BCUT2D eigenvalue weighted by atomic mass is 16.7. The van der Waals surface area contributed by atoms with E-state index in [1.54, 1.807) is 18.3 Å². The minimum Gasteiger partial charge on any atom is -0.351 e. The lowest BCUT2D eigenvalue weighted by Gasteiger charge is -2.32. The average molecular weight is 506 g/mol. The van der Waals surface area contributed by atoms with Crippen LogP contribution in [-0.2, 0) is 39.3 Å². The van der Waals surface area contributed by atoms with E-state index in [4.69, 9.17) is 4.74 Å². The largest absolute Gasteiger partial charge is 0.351 e. The zero-order valence-electron chi connectivity index (χ0n) is 20.8. The normalized spacial score (nSPS) is 26.6. The molecule has 1 aromatic heterocycles. The highest BCUT2D eigenvalue weighted by Gasteiger charge is 2.57. The molecule has 2 fully saturated rings. The van der Waals surface area contributed by atoms with Crippen LogP contribution in [0.2, 0.25) is 0 Å². The second-order valence-corrected chi connectivity index (χ2v) is 10.4. The van der Waals surface area contributed by atoms with E-state index in [9.17, 15) is 19.5 Å². The minimum absolute atomic E-state index is 0.102. The van der Waals surface area contributed by atoms with E-state index < -0.39 is 17.9 Å². The van der Waals surface area contributed by atoms with Crippen LogP contribution in [0, 0.1) is 5.92 Å². The SMILES string of the molecule is CNC(=O)Nc1ccc2c(c1)CC[C@]21OC(O)N(CC(=O)N2Cc3cccnc3CCC2C2CC2)C1=O. The van der Waals surface area contributed by atoms with Crippen molar-refractivity contribution >= 4 is 23.5 Å². The Labute approximate surface area is 215 Å². The number of amides is 4. The van der Waals surface area contributed by atoms with Gasteiger partial charge in [0.15, 0.2) is 5.60 Å². The van der Waals surface area contributed by atoms with Crippen LogP contribution in [0.1, 0.15) is 48.1 Å². The van der Waals surface area contributed by atoms with Crippen molar-refractivity contribution in [2.24, 2.45) is 5.92 Å². The number of urea groups is 1. The summed E-state index contributed by atoms with van der Waals surface area (Å²) in [6, 6.07) is 8.94. The third-order valence-corrected chi connectivity index (χ3v) is 8.15. The number of ether oxygens (including phenoxy) is 1. The van der Waals surface area contributed by atoms with Gasteiger partial charge >= 0.3 is 6.03 Å². The predicted octanol–water partition coefficient (Wildman–Crippen LogP) is 1.86. The molecule has 2 unspecified atom stereocenters. The number of carbonyl (C=O) groups excluding carboxylic acids is 3. The number of aliphatic hydroxyl groups is 1. The molecule has 1 saturated heterocycles. The first-order valence-corrected chi connectivity index (χ1v) is 12.9. The second-order valence-electron chi connectivity index (χ2n) is 10.4. The molecule has 3 heterocycles. The monoisotopic (exact) mass is 505 g/mol. The summed E-state index contributed by atoms with van der Waals surface area (Å²) in [5, 5.41) is 16.0. The molecule has 1 aromatic carbocycles. The Balaban J connectivity index is 1.22. The van der Waals surface area contributed by atoms with E-state index in [2.05, 4.69) is 15.6 Å². The highest BCUT2D eigenvalue weighted by Crippen LogP contribution is 2.47. The molecule has 37 heavy (non-hydrogen) atoms. The Morgan fingerprint density at radius 1 is 1.19 bits per heavy atom. The summed E-state index contributed by atoms with van der Waals surface area (Å²) in [6.07, 6.45) is 5.07. The molecule has 2 aliphatic heterocycles. The van der Waals surface area contributed by atoms with Crippen molar-refractivity contribution in [1.29, 1.82) is 0 Å². The number of aryl methyl sites for hydroxylation is 2. The summed E-state index contributed by atoms with van der Waals surface area (Å²) in [5.41, 5.74) is 2.87. The van der Waals surface area contributed by atoms with Crippen molar-refractivity contribution in [3.05, 3.63) is 58.9 Å². The molecule has 1 spiro atoms. The van der Waals surface area contributed by atoms with Gasteiger partial charge in [0.05, 0.1) is 0 Å². The van der Waals surface area contributed by atoms with Crippen LogP contribution < -0.4 is 10.6 Å². The molecule has 1 saturated carbocycles. The molecular weight excluding hydrogens is 474 g/mol. The summed E-state index contributed by atoms with van der Waals surface area (Å²) in [4.78, 5) is 46.6. The summed E-state index contributed by atoms with van der Waals surface area (Å²) in [5.74, 6) is -0.122. The summed E-state index contributed by atoms with van der Waals surface area (Å²) in [7, 11) is 1.54. The first kappa shape index (κ1) is 23.9. The molecule has 4 amide bonds. The quantitative estimate of drug-likeness (QED) is 0.583. The smallest absolute Gasteiger partial charge is 0.318 e. The average Bonchev–Trinajstić information content (AvgIpc) is 3.66. The zero-order valence-corrected chi connectivity index (χ0v) is 20.8. The van der Waals surface area contributed by atoms with Crippen LogP contribution in [0.3, 0.4) is 0 Å². The molecule has 10 heteroatoms. The third kappa shape index (κ3) is 4.14. The molecule has 0 bridgehead atoms. The number of hydrogen-bond acceptors (Lipinski definition) is 6. The second kappa shape index (κ2) is 9.11. The molecular formula is C27H31N5O5. The fraction of sp³-hybridized carbons (Fsp3) is 0.481. The molecule has 0 radical (unpaired) electrons. The van der Waals surface area contributed by atoms with E-state index in [1.807, 2.05) is 23.1 Å². The molecule has 4 aliphatic rings. The molecule has 6 rings (SSSR count). The van der Waals surface area contributed by atoms with E-state index in [-0.39, 0.29) is 24.5 Å². The Kier molecular flexibility index (Phi) is 5.88. The van der Waals surface area contributed by atoms with Crippen LogP contribution in [0.15, 0.2) is 36.5 Å². The van der Waals surface area contributed by atoms with Gasteiger partial charge in [0, 0.05) is 37.2 Å². The van der Waals surface area contributed by atoms with E-state index in [0.29, 0.717) is 36.6 Å². The molecule has 3 N–H and O–H groups in total. The number of aliphatic hydroxyl groups excluding tert-OH is 1. The van der Waals surface area contributed by atoms with Crippen LogP contribution in [0.4, 0.5) is 10.5 Å². The number of anilines is 1. The first-order chi connectivity index (χ1) is 17.9. The van der Waals surface area contributed by atoms with Crippen molar-refractivity contribution < 1.29 is 24.2 Å². The molecule has 3 atom stereocenters. The van der Waals surface area contributed by atoms with Crippen molar-refractivity contribution in [2.75, 3.05) is 18.9 Å². The maximum Gasteiger partial charge on any atom is 0.318 e. The number of benzene rings is 1. The lowest BCUT2D eigenvalue weighted by Crippen LogP contribution is -2.48. The van der Waals surface area contributed by atoms with Gasteiger partial charge in [-0.1, -0.05) is 12.1 Å². The number of fused-ring (bicyclic) bond motifs is 3. The number of nitrogens with one attached hydrogen (secondary N) is 2. The van der Waals surface area contributed by atoms with E-state index >= 15 is 0 Å². The van der Waals surface area contributed by atoms with Crippen molar-refractivity contribution in [2.45, 2.75) is 63.1 Å². The van der Waals surface area contributed by atoms with Crippen molar-refractivity contribution in [3.8, 4) is 0 Å². The Morgan fingerprint density at radius 3 is 2.81 bits per heavy atom. The minimum atomic E-state index is -1.51. The summed E-state index contributed by atoms with van der Waals surface area (Å²) in [6.45, 7) is 0.212. The topological polar surface area (TPSA) is 124 Å². The van der Waals surface area contributed by atoms with E-state index in [1.165, 1.54) is 7.05 Å². The maximum atomic E-state index is 13.7. The van der Waals surface area contributed by atoms with Crippen molar-refractivity contribution in [1.82, 2.24) is 20.1 Å². The van der Waals surface area contributed by atoms with Gasteiger partial charge in [0.1, 0.15) is 6.54 Å². The van der Waals surface area contributed by atoms with Crippen LogP contribution >= 0.6 is 0 Å². The number of nitrogens with zero attached hydrogens (tertiary/aromatic N) is 3.